The first-order chi connectivity index (χ1) is 9.02. The maximum Gasteiger partial charge on any atom is 0.251 e. The molecular formula is C13H16BrN3O2. The van der Waals surface area contributed by atoms with Crippen molar-refractivity contribution in [1.82, 2.24) is 5.32 Å². The molecule has 19 heavy (non-hydrogen) atoms. The minimum Gasteiger partial charge on any atom is -0.409 e. The molecule has 1 unspecified atom stereocenters. The van der Waals surface area contributed by atoms with E-state index in [1.807, 2.05) is 13.0 Å². The van der Waals surface area contributed by atoms with Crippen molar-refractivity contribution in [2.24, 2.45) is 16.8 Å². The monoisotopic (exact) mass is 325 g/mol. The minimum absolute atomic E-state index is 0.0574. The van der Waals surface area contributed by atoms with E-state index in [1.165, 1.54) is 0 Å². The molecule has 1 saturated carbocycles. The number of amides is 1. The number of hydrogen-bond donors (Lipinski definition) is 3. The predicted octanol–water partition coefficient (Wildman–Crippen LogP) is 2.01. The molecule has 0 bridgehead atoms. The Morgan fingerprint density at radius 1 is 1.58 bits per heavy atom. The lowest BCUT2D eigenvalue weighted by atomic mass is 10.1. The summed E-state index contributed by atoms with van der Waals surface area (Å²) in [7, 11) is 0. The van der Waals surface area contributed by atoms with Gasteiger partial charge in [-0.2, -0.15) is 0 Å². The summed E-state index contributed by atoms with van der Waals surface area (Å²) in [6.07, 6.45) is 1.97. The molecule has 5 nitrogen and oxygen atoms in total. The van der Waals surface area contributed by atoms with Crippen LogP contribution in [0.15, 0.2) is 27.8 Å². The maximum atomic E-state index is 12.1. The van der Waals surface area contributed by atoms with E-state index in [4.69, 9.17) is 10.9 Å². The van der Waals surface area contributed by atoms with Gasteiger partial charge in [0, 0.05) is 10.0 Å². The Morgan fingerprint density at radius 3 is 2.79 bits per heavy atom. The molecule has 1 aliphatic carbocycles. The summed E-state index contributed by atoms with van der Waals surface area (Å²) in [5.74, 6) is 0.111. The van der Waals surface area contributed by atoms with Crippen LogP contribution in [0.5, 0.6) is 0 Å². The molecule has 0 aliphatic heterocycles. The Labute approximate surface area is 120 Å². The lowest BCUT2D eigenvalue weighted by Crippen LogP contribution is -2.46. The van der Waals surface area contributed by atoms with Crippen molar-refractivity contribution in [3.63, 3.8) is 0 Å². The van der Waals surface area contributed by atoms with E-state index in [2.05, 4.69) is 26.4 Å². The normalized spacial score (nSPS) is 17.1. The molecule has 0 spiro atoms. The van der Waals surface area contributed by atoms with Gasteiger partial charge in [0.1, 0.15) is 0 Å². The minimum atomic E-state index is -0.391. The molecule has 102 valence electrons. The van der Waals surface area contributed by atoms with Gasteiger partial charge in [-0.25, -0.2) is 0 Å². The predicted molar refractivity (Wildman–Crippen MR) is 76.3 cm³/mol. The van der Waals surface area contributed by atoms with Crippen LogP contribution < -0.4 is 11.1 Å². The first-order valence-corrected chi connectivity index (χ1v) is 6.86. The van der Waals surface area contributed by atoms with E-state index < -0.39 is 6.04 Å². The number of nitrogens with zero attached hydrogens (tertiary/aromatic N) is 1. The molecule has 4 N–H and O–H groups in total. The Kier molecular flexibility index (Phi) is 4.09. The number of oxime groups is 1. The third kappa shape index (κ3) is 3.26. The third-order valence-corrected chi connectivity index (χ3v) is 4.10. The molecular weight excluding hydrogens is 310 g/mol. The maximum absolute atomic E-state index is 12.1. The van der Waals surface area contributed by atoms with Gasteiger partial charge in [0.2, 0.25) is 0 Å². The summed E-state index contributed by atoms with van der Waals surface area (Å²) in [6, 6.07) is 5.00. The van der Waals surface area contributed by atoms with Gasteiger partial charge in [0.05, 0.1) is 6.04 Å². The quantitative estimate of drug-likeness (QED) is 0.342. The molecule has 1 atom stereocenters. The summed E-state index contributed by atoms with van der Waals surface area (Å²) in [5, 5.41) is 14.6. The van der Waals surface area contributed by atoms with Crippen LogP contribution in [0, 0.1) is 12.8 Å². The second kappa shape index (κ2) is 5.61. The number of aryl methyl sites for hydroxylation is 1. The SMILES string of the molecule is Cc1ccc(C(=O)NC(/C(N)=N/O)C2CC2)cc1Br. The average Bonchev–Trinajstić information content (AvgIpc) is 3.22. The van der Waals surface area contributed by atoms with Crippen LogP contribution in [-0.2, 0) is 0 Å². The van der Waals surface area contributed by atoms with E-state index in [-0.39, 0.29) is 17.7 Å². The summed E-state index contributed by atoms with van der Waals surface area (Å²) in [6.45, 7) is 1.95. The van der Waals surface area contributed by atoms with Crippen molar-refractivity contribution in [3.8, 4) is 0 Å². The lowest BCUT2D eigenvalue weighted by Gasteiger charge is -2.16. The number of hydrogen-bond acceptors (Lipinski definition) is 3. The number of benzene rings is 1. The van der Waals surface area contributed by atoms with E-state index >= 15 is 0 Å². The molecule has 1 aromatic rings. The molecule has 1 aromatic carbocycles. The summed E-state index contributed by atoms with van der Waals surface area (Å²) in [4.78, 5) is 12.1. The fourth-order valence-electron chi connectivity index (χ4n) is 1.88. The largest absolute Gasteiger partial charge is 0.409 e. The summed E-state index contributed by atoms with van der Waals surface area (Å²) < 4.78 is 0.881. The molecule has 0 saturated heterocycles. The molecule has 0 aromatic heterocycles. The molecule has 0 heterocycles. The number of nitrogens with one attached hydrogen (secondary N) is 1. The standard InChI is InChI=1S/C13H16BrN3O2/c1-7-2-3-9(6-10(7)14)13(18)16-11(8-4-5-8)12(15)17-19/h2-3,6,8,11,19H,4-5H2,1H3,(H2,15,17)(H,16,18). The van der Waals surface area contributed by atoms with Crippen molar-refractivity contribution in [2.75, 3.05) is 0 Å². The van der Waals surface area contributed by atoms with Crippen LogP contribution in [-0.4, -0.2) is 23.0 Å². The summed E-state index contributed by atoms with van der Waals surface area (Å²) in [5.41, 5.74) is 7.23. The summed E-state index contributed by atoms with van der Waals surface area (Å²) >= 11 is 3.40. The van der Waals surface area contributed by atoms with E-state index in [9.17, 15) is 4.79 Å². The van der Waals surface area contributed by atoms with Crippen LogP contribution in [0.25, 0.3) is 0 Å². The van der Waals surface area contributed by atoms with Gasteiger partial charge in [0.25, 0.3) is 5.91 Å². The van der Waals surface area contributed by atoms with Crippen LogP contribution in [0.3, 0.4) is 0 Å². The highest BCUT2D eigenvalue weighted by Gasteiger charge is 2.35. The zero-order valence-corrected chi connectivity index (χ0v) is 12.1. The topological polar surface area (TPSA) is 87.7 Å². The van der Waals surface area contributed by atoms with Crippen LogP contribution in [0.1, 0.15) is 28.8 Å². The number of halogens is 1. The van der Waals surface area contributed by atoms with Gasteiger partial charge in [0.15, 0.2) is 5.84 Å². The second-order valence-corrected chi connectivity index (χ2v) is 5.63. The van der Waals surface area contributed by atoms with Gasteiger partial charge >= 0.3 is 0 Å². The van der Waals surface area contributed by atoms with Crippen LogP contribution in [0.4, 0.5) is 0 Å². The highest BCUT2D eigenvalue weighted by Crippen LogP contribution is 2.33. The van der Waals surface area contributed by atoms with Crippen LogP contribution in [0.2, 0.25) is 0 Å². The first kappa shape index (κ1) is 13.9. The third-order valence-electron chi connectivity index (χ3n) is 3.25. The van der Waals surface area contributed by atoms with Crippen molar-refractivity contribution in [3.05, 3.63) is 33.8 Å². The molecule has 1 amide bonds. The lowest BCUT2D eigenvalue weighted by molar-refractivity contribution is 0.0943. The van der Waals surface area contributed by atoms with Gasteiger partial charge in [-0.3, -0.25) is 4.79 Å². The molecule has 2 rings (SSSR count). The molecule has 6 heteroatoms. The van der Waals surface area contributed by atoms with E-state index in [0.29, 0.717) is 5.56 Å². The average molecular weight is 326 g/mol. The van der Waals surface area contributed by atoms with Crippen molar-refractivity contribution in [1.29, 1.82) is 0 Å². The molecule has 0 radical (unpaired) electrons. The van der Waals surface area contributed by atoms with Gasteiger partial charge < -0.3 is 16.3 Å². The number of carbonyl (C=O) groups excluding carboxylic acids is 1. The van der Waals surface area contributed by atoms with Gasteiger partial charge in [-0.1, -0.05) is 27.2 Å². The van der Waals surface area contributed by atoms with E-state index in [1.54, 1.807) is 12.1 Å². The van der Waals surface area contributed by atoms with Crippen LogP contribution >= 0.6 is 15.9 Å². The van der Waals surface area contributed by atoms with Gasteiger partial charge in [-0.05, 0) is 43.4 Å². The Bertz CT molecular complexity index is 527. The first-order valence-electron chi connectivity index (χ1n) is 6.07. The highest BCUT2D eigenvalue weighted by atomic mass is 79.9. The Hall–Kier alpha value is -1.56. The molecule has 1 aliphatic rings. The fourth-order valence-corrected chi connectivity index (χ4v) is 2.26. The molecule has 1 fully saturated rings. The van der Waals surface area contributed by atoms with Crippen molar-refractivity contribution < 1.29 is 10.0 Å². The fraction of sp³-hybridized carbons (Fsp3) is 0.385. The Balaban J connectivity index is 2.12. The zero-order chi connectivity index (χ0) is 14.0. The van der Waals surface area contributed by atoms with Gasteiger partial charge in [-0.15, -0.1) is 0 Å². The van der Waals surface area contributed by atoms with E-state index in [0.717, 1.165) is 22.9 Å². The second-order valence-electron chi connectivity index (χ2n) is 4.78. The Morgan fingerprint density at radius 2 is 2.26 bits per heavy atom. The number of carbonyl (C=O) groups is 1. The number of rotatable bonds is 4. The number of nitrogens with two attached hydrogens (primary N) is 1. The highest BCUT2D eigenvalue weighted by molar-refractivity contribution is 9.10. The zero-order valence-electron chi connectivity index (χ0n) is 10.6. The van der Waals surface area contributed by atoms with Crippen molar-refractivity contribution >= 4 is 27.7 Å². The smallest absolute Gasteiger partial charge is 0.251 e. The number of amidine groups is 1. The van der Waals surface area contributed by atoms with Crippen molar-refractivity contribution in [2.45, 2.75) is 25.8 Å².